The smallest absolute Gasteiger partial charge is 0.382 e. The topological polar surface area (TPSA) is 70.1 Å². The van der Waals surface area contributed by atoms with E-state index in [2.05, 4.69) is 20.6 Å². The van der Waals surface area contributed by atoms with Crippen molar-refractivity contribution in [3.8, 4) is 0 Å². The molecule has 0 spiro atoms. The van der Waals surface area contributed by atoms with Gasteiger partial charge in [0.2, 0.25) is 0 Å². The highest BCUT2D eigenvalue weighted by atomic mass is 19.4. The minimum absolute atomic E-state index is 0.245. The van der Waals surface area contributed by atoms with E-state index in [1.165, 1.54) is 6.07 Å². The van der Waals surface area contributed by atoms with Gasteiger partial charge in [-0.25, -0.2) is 9.97 Å². The van der Waals surface area contributed by atoms with E-state index in [4.69, 9.17) is 5.11 Å². The predicted molar refractivity (Wildman–Crippen MR) is 75.4 cm³/mol. The van der Waals surface area contributed by atoms with Crippen LogP contribution in [0.25, 0.3) is 0 Å². The van der Waals surface area contributed by atoms with E-state index in [0.717, 1.165) is 0 Å². The van der Waals surface area contributed by atoms with Crippen LogP contribution in [-0.2, 0) is 5.41 Å². The Hall–Kier alpha value is -1.57. The molecule has 8 heteroatoms. The van der Waals surface area contributed by atoms with E-state index >= 15 is 0 Å². The van der Waals surface area contributed by atoms with Crippen LogP contribution in [0.2, 0.25) is 0 Å². The van der Waals surface area contributed by atoms with Crippen LogP contribution < -0.4 is 10.6 Å². The van der Waals surface area contributed by atoms with Crippen molar-refractivity contribution in [3.05, 3.63) is 11.9 Å². The van der Waals surface area contributed by atoms with E-state index in [9.17, 15) is 13.2 Å². The Morgan fingerprint density at radius 1 is 1.14 bits per heavy atom. The van der Waals surface area contributed by atoms with Gasteiger partial charge < -0.3 is 15.7 Å². The first-order chi connectivity index (χ1) is 9.54. The van der Waals surface area contributed by atoms with Gasteiger partial charge in [0.25, 0.3) is 0 Å². The van der Waals surface area contributed by atoms with Crippen LogP contribution in [0.3, 0.4) is 0 Å². The molecule has 0 aromatic carbocycles. The van der Waals surface area contributed by atoms with Gasteiger partial charge in [0.15, 0.2) is 6.10 Å². The maximum atomic E-state index is 12.3. The molecule has 0 saturated carbocycles. The van der Waals surface area contributed by atoms with Crippen molar-refractivity contribution in [1.29, 1.82) is 0 Å². The van der Waals surface area contributed by atoms with E-state index < -0.39 is 18.8 Å². The highest BCUT2D eigenvalue weighted by Gasteiger charge is 2.38. The molecular formula is C13H21F3N4O. The fraction of sp³-hybridized carbons (Fsp3) is 0.692. The van der Waals surface area contributed by atoms with Crippen molar-refractivity contribution in [2.24, 2.45) is 0 Å². The predicted octanol–water partition coefficient (Wildman–Crippen LogP) is 2.54. The largest absolute Gasteiger partial charge is 0.416 e. The Bertz CT molecular complexity index is 471. The van der Waals surface area contributed by atoms with Gasteiger partial charge in [-0.3, -0.25) is 0 Å². The zero-order chi connectivity index (χ0) is 16.3. The van der Waals surface area contributed by atoms with Gasteiger partial charge in [-0.2, -0.15) is 13.2 Å². The molecular weight excluding hydrogens is 285 g/mol. The van der Waals surface area contributed by atoms with Gasteiger partial charge >= 0.3 is 6.18 Å². The number of aliphatic hydroxyl groups is 1. The summed E-state index contributed by atoms with van der Waals surface area (Å²) >= 11 is 0. The quantitative estimate of drug-likeness (QED) is 0.780. The molecule has 0 fully saturated rings. The number of rotatable bonds is 5. The van der Waals surface area contributed by atoms with E-state index in [0.29, 0.717) is 18.2 Å². The molecule has 21 heavy (non-hydrogen) atoms. The van der Waals surface area contributed by atoms with Crippen molar-refractivity contribution in [2.75, 3.05) is 23.7 Å². The second kappa shape index (κ2) is 6.46. The first-order valence-corrected chi connectivity index (χ1v) is 6.66. The molecule has 120 valence electrons. The average molecular weight is 306 g/mol. The highest BCUT2D eigenvalue weighted by Crippen LogP contribution is 2.23. The summed E-state index contributed by atoms with van der Waals surface area (Å²) in [6, 6.07) is 1.52. The number of hydrogen-bond acceptors (Lipinski definition) is 5. The standard InChI is InChI=1S/C13H21F3N4O/c1-5-17-9-6-10(18-7-8(21)13(14,15)16)20-11(19-9)12(2,3)4/h6,8,21H,5,7H2,1-4H3,(H2,17,18,19,20). The number of hydrogen-bond donors (Lipinski definition) is 3. The van der Waals surface area contributed by atoms with Crippen LogP contribution in [0.15, 0.2) is 6.07 Å². The van der Waals surface area contributed by atoms with E-state index in [-0.39, 0.29) is 11.2 Å². The summed E-state index contributed by atoms with van der Waals surface area (Å²) in [6.45, 7) is 7.59. The molecule has 0 radical (unpaired) electrons. The third-order valence-corrected chi connectivity index (χ3v) is 2.61. The number of nitrogens with one attached hydrogen (secondary N) is 2. The van der Waals surface area contributed by atoms with Crippen LogP contribution in [0.1, 0.15) is 33.5 Å². The maximum Gasteiger partial charge on any atom is 0.416 e. The minimum Gasteiger partial charge on any atom is -0.382 e. The third kappa shape index (κ3) is 5.37. The summed E-state index contributed by atoms with van der Waals surface area (Å²) in [5.74, 6) is 1.28. The van der Waals surface area contributed by atoms with E-state index in [1.807, 2.05) is 27.7 Å². The van der Waals surface area contributed by atoms with Crippen molar-refractivity contribution in [3.63, 3.8) is 0 Å². The summed E-state index contributed by atoms with van der Waals surface area (Å²) in [4.78, 5) is 8.52. The zero-order valence-corrected chi connectivity index (χ0v) is 12.5. The number of aromatic nitrogens is 2. The van der Waals surface area contributed by atoms with Gasteiger partial charge in [0.1, 0.15) is 17.5 Å². The summed E-state index contributed by atoms with van der Waals surface area (Å²) < 4.78 is 36.9. The van der Waals surface area contributed by atoms with Gasteiger partial charge in [-0.1, -0.05) is 20.8 Å². The van der Waals surface area contributed by atoms with Gasteiger partial charge in [0.05, 0.1) is 6.54 Å². The first-order valence-electron chi connectivity index (χ1n) is 6.66. The second-order valence-corrected chi connectivity index (χ2v) is 5.68. The lowest BCUT2D eigenvalue weighted by Gasteiger charge is -2.20. The maximum absolute atomic E-state index is 12.3. The number of aliphatic hydroxyl groups excluding tert-OH is 1. The van der Waals surface area contributed by atoms with Gasteiger partial charge in [0, 0.05) is 18.0 Å². The van der Waals surface area contributed by atoms with E-state index in [1.54, 1.807) is 0 Å². The van der Waals surface area contributed by atoms with Crippen LogP contribution in [0.5, 0.6) is 0 Å². The van der Waals surface area contributed by atoms with Crippen LogP contribution >= 0.6 is 0 Å². The normalized spacial score (nSPS) is 13.9. The molecule has 0 aliphatic heterocycles. The number of nitrogens with zero attached hydrogens (tertiary/aromatic N) is 2. The van der Waals surface area contributed by atoms with Crippen molar-refractivity contribution in [2.45, 2.75) is 45.4 Å². The fourth-order valence-corrected chi connectivity index (χ4v) is 1.46. The molecule has 3 N–H and O–H groups in total. The van der Waals surface area contributed by atoms with Crippen molar-refractivity contribution in [1.82, 2.24) is 9.97 Å². The molecule has 5 nitrogen and oxygen atoms in total. The van der Waals surface area contributed by atoms with Crippen molar-refractivity contribution < 1.29 is 18.3 Å². The molecule has 1 rings (SSSR count). The molecule has 1 heterocycles. The van der Waals surface area contributed by atoms with Gasteiger partial charge in [-0.05, 0) is 6.92 Å². The number of anilines is 2. The Labute approximate surface area is 122 Å². The molecule has 1 unspecified atom stereocenters. The molecule has 0 amide bonds. The number of alkyl halides is 3. The lowest BCUT2D eigenvalue weighted by atomic mass is 9.96. The molecule has 1 atom stereocenters. The van der Waals surface area contributed by atoms with Crippen molar-refractivity contribution >= 4 is 11.6 Å². The fourth-order valence-electron chi connectivity index (χ4n) is 1.46. The summed E-state index contributed by atoms with van der Waals surface area (Å²) in [5.41, 5.74) is -0.343. The van der Waals surface area contributed by atoms with Gasteiger partial charge in [-0.15, -0.1) is 0 Å². The SMILES string of the molecule is CCNc1cc(NCC(O)C(F)(F)F)nc(C(C)(C)C)n1. The molecule has 1 aromatic heterocycles. The monoisotopic (exact) mass is 306 g/mol. The molecule has 0 aliphatic rings. The highest BCUT2D eigenvalue weighted by molar-refractivity contribution is 5.48. The number of halogens is 3. The zero-order valence-electron chi connectivity index (χ0n) is 12.5. The molecule has 0 saturated heterocycles. The Morgan fingerprint density at radius 3 is 2.10 bits per heavy atom. The Balaban J connectivity index is 2.93. The lowest BCUT2D eigenvalue weighted by Crippen LogP contribution is -2.35. The van der Waals surface area contributed by atoms with Crippen LogP contribution in [0.4, 0.5) is 24.8 Å². The van der Waals surface area contributed by atoms with Crippen LogP contribution in [-0.4, -0.2) is 40.4 Å². The minimum atomic E-state index is -4.66. The van der Waals surface area contributed by atoms with Crippen LogP contribution in [0, 0.1) is 0 Å². The summed E-state index contributed by atoms with van der Waals surface area (Å²) in [5, 5.41) is 14.5. The molecule has 0 aliphatic carbocycles. The third-order valence-electron chi connectivity index (χ3n) is 2.61. The summed E-state index contributed by atoms with van der Waals surface area (Å²) in [7, 11) is 0. The first kappa shape index (κ1) is 17.5. The molecule has 1 aromatic rings. The summed E-state index contributed by atoms with van der Waals surface area (Å²) in [6.07, 6.45) is -7.09. The lowest BCUT2D eigenvalue weighted by molar-refractivity contribution is -0.198. The second-order valence-electron chi connectivity index (χ2n) is 5.68. The Morgan fingerprint density at radius 2 is 1.67 bits per heavy atom. The Kier molecular flexibility index (Phi) is 5.38. The average Bonchev–Trinajstić information content (AvgIpc) is 2.34. The molecule has 0 bridgehead atoms.